The van der Waals surface area contributed by atoms with Gasteiger partial charge in [-0.15, -0.1) is 0 Å². The van der Waals surface area contributed by atoms with Crippen LogP contribution >= 0.6 is 0 Å². The normalized spacial score (nSPS) is 24.2. The van der Waals surface area contributed by atoms with Crippen LogP contribution in [-0.2, 0) is 0 Å². The number of methoxy groups -OCH3 is 1. The van der Waals surface area contributed by atoms with Gasteiger partial charge in [-0.3, -0.25) is 9.69 Å². The van der Waals surface area contributed by atoms with E-state index in [0.717, 1.165) is 36.1 Å². The molecule has 2 atom stereocenters. The predicted octanol–water partition coefficient (Wildman–Crippen LogP) is 1.46. The standard InChI is InChI=1S/C14H20N2O2/c1-16-8-10(7-15)5-14(16)13-6-12(18-2)4-3-11(13)9-17/h3-4,6,9-10,14H,5,7-8,15H2,1-2H3. The number of rotatable bonds is 4. The molecule has 4 nitrogen and oxygen atoms in total. The fourth-order valence-corrected chi connectivity index (χ4v) is 2.72. The Morgan fingerprint density at radius 2 is 2.33 bits per heavy atom. The van der Waals surface area contributed by atoms with Gasteiger partial charge in [-0.2, -0.15) is 0 Å². The zero-order valence-electron chi connectivity index (χ0n) is 10.9. The number of hydrogen-bond donors (Lipinski definition) is 1. The quantitative estimate of drug-likeness (QED) is 0.820. The van der Waals surface area contributed by atoms with Crippen LogP contribution in [0.3, 0.4) is 0 Å². The van der Waals surface area contributed by atoms with Crippen LogP contribution in [0.15, 0.2) is 18.2 Å². The molecule has 1 aromatic carbocycles. The molecule has 0 amide bonds. The number of nitrogens with zero attached hydrogens (tertiary/aromatic N) is 1. The van der Waals surface area contributed by atoms with Gasteiger partial charge in [0.15, 0.2) is 0 Å². The Morgan fingerprint density at radius 1 is 1.56 bits per heavy atom. The Hall–Kier alpha value is -1.39. The molecule has 0 aliphatic carbocycles. The second-order valence-corrected chi connectivity index (χ2v) is 4.91. The average Bonchev–Trinajstić information content (AvgIpc) is 2.79. The van der Waals surface area contributed by atoms with E-state index >= 15 is 0 Å². The van der Waals surface area contributed by atoms with Gasteiger partial charge in [0.05, 0.1) is 7.11 Å². The van der Waals surface area contributed by atoms with Crippen molar-refractivity contribution in [1.82, 2.24) is 4.90 Å². The maximum atomic E-state index is 11.2. The number of benzene rings is 1. The monoisotopic (exact) mass is 248 g/mol. The summed E-state index contributed by atoms with van der Waals surface area (Å²) in [6, 6.07) is 5.87. The molecule has 0 saturated carbocycles. The Labute approximate surface area is 108 Å². The molecule has 0 bridgehead atoms. The van der Waals surface area contributed by atoms with Crippen LogP contribution in [0.1, 0.15) is 28.4 Å². The predicted molar refractivity (Wildman–Crippen MR) is 70.9 cm³/mol. The van der Waals surface area contributed by atoms with Gasteiger partial charge < -0.3 is 10.5 Å². The van der Waals surface area contributed by atoms with Crippen LogP contribution in [0.25, 0.3) is 0 Å². The molecule has 1 aliphatic heterocycles. The minimum atomic E-state index is 0.258. The first kappa shape index (κ1) is 13.1. The maximum Gasteiger partial charge on any atom is 0.150 e. The second kappa shape index (κ2) is 5.50. The Balaban J connectivity index is 2.34. The lowest BCUT2D eigenvalue weighted by Gasteiger charge is -2.21. The van der Waals surface area contributed by atoms with Crippen molar-refractivity contribution in [3.63, 3.8) is 0 Å². The first-order valence-corrected chi connectivity index (χ1v) is 6.23. The van der Waals surface area contributed by atoms with Crippen molar-refractivity contribution in [3.05, 3.63) is 29.3 Å². The molecule has 1 heterocycles. The van der Waals surface area contributed by atoms with Crippen molar-refractivity contribution in [1.29, 1.82) is 0 Å². The van der Waals surface area contributed by atoms with E-state index in [0.29, 0.717) is 12.5 Å². The zero-order chi connectivity index (χ0) is 13.1. The van der Waals surface area contributed by atoms with Gasteiger partial charge in [-0.1, -0.05) is 0 Å². The third-order valence-corrected chi connectivity index (χ3v) is 3.75. The summed E-state index contributed by atoms with van der Waals surface area (Å²) in [6.45, 7) is 1.68. The molecular formula is C14H20N2O2. The van der Waals surface area contributed by atoms with Crippen LogP contribution < -0.4 is 10.5 Å². The van der Waals surface area contributed by atoms with Crippen LogP contribution in [0, 0.1) is 5.92 Å². The summed E-state index contributed by atoms with van der Waals surface area (Å²) < 4.78 is 5.24. The minimum absolute atomic E-state index is 0.258. The van der Waals surface area contributed by atoms with E-state index in [1.807, 2.05) is 18.2 Å². The molecule has 2 N–H and O–H groups in total. The third-order valence-electron chi connectivity index (χ3n) is 3.75. The highest BCUT2D eigenvalue weighted by Crippen LogP contribution is 2.36. The van der Waals surface area contributed by atoms with Gasteiger partial charge in [-0.25, -0.2) is 0 Å². The van der Waals surface area contributed by atoms with Crippen LogP contribution in [0.4, 0.5) is 0 Å². The average molecular weight is 248 g/mol. The van der Waals surface area contributed by atoms with Crippen molar-refractivity contribution in [2.24, 2.45) is 11.7 Å². The molecule has 0 aromatic heterocycles. The molecule has 98 valence electrons. The fourth-order valence-electron chi connectivity index (χ4n) is 2.72. The first-order chi connectivity index (χ1) is 8.69. The molecule has 0 radical (unpaired) electrons. The lowest BCUT2D eigenvalue weighted by molar-refractivity contribution is 0.112. The summed E-state index contributed by atoms with van der Waals surface area (Å²) in [5.74, 6) is 1.30. The van der Waals surface area contributed by atoms with E-state index in [4.69, 9.17) is 10.5 Å². The zero-order valence-corrected chi connectivity index (χ0v) is 10.9. The lowest BCUT2D eigenvalue weighted by Crippen LogP contribution is -2.21. The topological polar surface area (TPSA) is 55.6 Å². The summed E-state index contributed by atoms with van der Waals surface area (Å²) >= 11 is 0. The number of likely N-dealkylation sites (tertiary alicyclic amines) is 1. The number of ether oxygens (including phenoxy) is 1. The number of carbonyl (C=O) groups excluding carboxylic acids is 1. The third kappa shape index (κ3) is 2.40. The van der Waals surface area contributed by atoms with Gasteiger partial charge in [0.1, 0.15) is 12.0 Å². The summed E-state index contributed by atoms with van der Waals surface area (Å²) in [5.41, 5.74) is 7.53. The van der Waals surface area contributed by atoms with Crippen LogP contribution in [-0.4, -0.2) is 38.4 Å². The Kier molecular flexibility index (Phi) is 3.99. The van der Waals surface area contributed by atoms with E-state index in [2.05, 4.69) is 11.9 Å². The van der Waals surface area contributed by atoms with Crippen LogP contribution in [0.5, 0.6) is 5.75 Å². The molecular weight excluding hydrogens is 228 g/mol. The van der Waals surface area contributed by atoms with Crippen LogP contribution in [0.2, 0.25) is 0 Å². The molecule has 1 fully saturated rings. The van der Waals surface area contributed by atoms with E-state index in [1.165, 1.54) is 0 Å². The maximum absolute atomic E-state index is 11.2. The summed E-state index contributed by atoms with van der Waals surface area (Å²) in [7, 11) is 3.72. The van der Waals surface area contributed by atoms with Crippen molar-refractivity contribution in [2.75, 3.05) is 27.2 Å². The molecule has 1 saturated heterocycles. The molecule has 2 rings (SSSR count). The van der Waals surface area contributed by atoms with Gasteiger partial charge >= 0.3 is 0 Å². The largest absolute Gasteiger partial charge is 0.497 e. The highest BCUT2D eigenvalue weighted by Gasteiger charge is 2.31. The van der Waals surface area contributed by atoms with Crippen molar-refractivity contribution < 1.29 is 9.53 Å². The van der Waals surface area contributed by atoms with Gasteiger partial charge in [0, 0.05) is 18.2 Å². The molecule has 4 heteroatoms. The highest BCUT2D eigenvalue weighted by molar-refractivity contribution is 5.78. The van der Waals surface area contributed by atoms with Gasteiger partial charge in [0.2, 0.25) is 0 Å². The summed E-state index contributed by atoms with van der Waals surface area (Å²) in [6.07, 6.45) is 1.92. The van der Waals surface area contributed by atoms with Gasteiger partial charge in [0.25, 0.3) is 0 Å². The van der Waals surface area contributed by atoms with E-state index < -0.39 is 0 Å². The summed E-state index contributed by atoms with van der Waals surface area (Å²) in [4.78, 5) is 13.4. The fraction of sp³-hybridized carbons (Fsp3) is 0.500. The molecule has 18 heavy (non-hydrogen) atoms. The van der Waals surface area contributed by atoms with E-state index in [-0.39, 0.29) is 6.04 Å². The first-order valence-electron chi connectivity index (χ1n) is 6.23. The van der Waals surface area contributed by atoms with Crippen molar-refractivity contribution >= 4 is 6.29 Å². The smallest absolute Gasteiger partial charge is 0.150 e. The molecule has 1 aliphatic rings. The lowest BCUT2D eigenvalue weighted by atomic mass is 9.96. The van der Waals surface area contributed by atoms with Gasteiger partial charge in [-0.05, 0) is 49.7 Å². The number of aldehydes is 1. The molecule has 2 unspecified atom stereocenters. The highest BCUT2D eigenvalue weighted by atomic mass is 16.5. The second-order valence-electron chi connectivity index (χ2n) is 4.91. The summed E-state index contributed by atoms with van der Waals surface area (Å²) in [5, 5.41) is 0. The van der Waals surface area contributed by atoms with E-state index in [9.17, 15) is 4.79 Å². The molecule has 1 aromatic rings. The number of carbonyl (C=O) groups is 1. The molecule has 0 spiro atoms. The Morgan fingerprint density at radius 3 is 2.89 bits per heavy atom. The Bertz CT molecular complexity index is 434. The number of hydrogen-bond acceptors (Lipinski definition) is 4. The minimum Gasteiger partial charge on any atom is -0.497 e. The van der Waals surface area contributed by atoms with E-state index in [1.54, 1.807) is 7.11 Å². The number of nitrogens with two attached hydrogens (primary N) is 1. The van der Waals surface area contributed by atoms with Crippen molar-refractivity contribution in [3.8, 4) is 5.75 Å². The SMILES string of the molecule is COc1ccc(C=O)c(C2CC(CN)CN2C)c1. The van der Waals surface area contributed by atoms with Crippen molar-refractivity contribution in [2.45, 2.75) is 12.5 Å².